The van der Waals surface area contributed by atoms with E-state index in [-0.39, 0.29) is 6.04 Å². The summed E-state index contributed by atoms with van der Waals surface area (Å²) in [6.45, 7) is 4.00. The van der Waals surface area contributed by atoms with Crippen molar-refractivity contribution in [2.24, 2.45) is 0 Å². The molecule has 0 fully saturated rings. The molecule has 3 rings (SSSR count). The molecule has 20 heavy (non-hydrogen) atoms. The molecule has 3 nitrogen and oxygen atoms in total. The van der Waals surface area contributed by atoms with Gasteiger partial charge >= 0.3 is 0 Å². The third-order valence-corrected chi connectivity index (χ3v) is 4.26. The molecule has 0 spiro atoms. The number of hydrogen-bond acceptors (Lipinski definition) is 4. The van der Waals surface area contributed by atoms with Crippen LogP contribution in [-0.4, -0.2) is 10.1 Å². The second kappa shape index (κ2) is 5.13. The molecule has 0 amide bonds. The van der Waals surface area contributed by atoms with E-state index in [1.54, 1.807) is 17.4 Å². The van der Waals surface area contributed by atoms with Crippen molar-refractivity contribution in [3.8, 4) is 5.75 Å². The minimum Gasteiger partial charge on any atom is -0.508 e. The number of rotatable bonds is 3. The number of fused-ring (bicyclic) bond motifs is 1. The largest absolute Gasteiger partial charge is 0.508 e. The van der Waals surface area contributed by atoms with E-state index in [0.29, 0.717) is 5.75 Å². The summed E-state index contributed by atoms with van der Waals surface area (Å²) >= 11 is 1.71. The third kappa shape index (κ3) is 2.47. The van der Waals surface area contributed by atoms with Crippen molar-refractivity contribution in [2.45, 2.75) is 19.9 Å². The van der Waals surface area contributed by atoms with Crippen molar-refractivity contribution in [1.82, 2.24) is 4.98 Å². The van der Waals surface area contributed by atoms with E-state index < -0.39 is 0 Å². The lowest BCUT2D eigenvalue weighted by atomic mass is 10.1. The van der Waals surface area contributed by atoms with Gasteiger partial charge in [0, 0.05) is 11.9 Å². The van der Waals surface area contributed by atoms with Crippen LogP contribution in [0.25, 0.3) is 10.2 Å². The van der Waals surface area contributed by atoms with Gasteiger partial charge in [-0.2, -0.15) is 0 Å². The Balaban J connectivity index is 1.84. The van der Waals surface area contributed by atoms with Crippen LogP contribution in [0.15, 0.2) is 41.9 Å². The van der Waals surface area contributed by atoms with Crippen molar-refractivity contribution in [3.05, 3.63) is 53.0 Å². The first kappa shape index (κ1) is 12.9. The lowest BCUT2D eigenvalue weighted by molar-refractivity contribution is 0.471. The number of aromatic hydroxyl groups is 1. The van der Waals surface area contributed by atoms with E-state index in [1.165, 1.54) is 4.70 Å². The maximum Gasteiger partial charge on any atom is 0.118 e. The molecule has 0 aliphatic rings. The molecule has 0 aliphatic carbocycles. The number of hydrogen-bond donors (Lipinski definition) is 2. The van der Waals surface area contributed by atoms with Crippen molar-refractivity contribution < 1.29 is 5.11 Å². The van der Waals surface area contributed by atoms with Crippen LogP contribution in [0.5, 0.6) is 5.75 Å². The number of phenols is 1. The highest BCUT2D eigenvalue weighted by atomic mass is 32.1. The molecule has 1 aromatic carbocycles. The van der Waals surface area contributed by atoms with Gasteiger partial charge in [-0.3, -0.25) is 4.98 Å². The number of nitrogens with one attached hydrogen (secondary N) is 1. The van der Waals surface area contributed by atoms with Gasteiger partial charge in [-0.05, 0) is 60.7 Å². The Morgan fingerprint density at radius 3 is 2.90 bits per heavy atom. The SMILES string of the molecule is Cc1cc(NC(C)c2cnc3ccsc3c2)ccc1O. The van der Waals surface area contributed by atoms with Gasteiger partial charge in [0.2, 0.25) is 0 Å². The van der Waals surface area contributed by atoms with E-state index in [0.717, 1.165) is 22.3 Å². The second-order valence-electron chi connectivity index (χ2n) is 4.94. The normalized spacial score (nSPS) is 12.5. The van der Waals surface area contributed by atoms with E-state index in [4.69, 9.17) is 0 Å². The number of thiophene rings is 1. The summed E-state index contributed by atoms with van der Waals surface area (Å²) in [7, 11) is 0. The molecule has 1 unspecified atom stereocenters. The monoisotopic (exact) mass is 284 g/mol. The molecule has 2 N–H and O–H groups in total. The summed E-state index contributed by atoms with van der Waals surface area (Å²) in [6, 6.07) is 9.92. The number of pyridine rings is 1. The smallest absolute Gasteiger partial charge is 0.118 e. The Bertz CT molecular complexity index is 751. The predicted octanol–water partition coefficient (Wildman–Crippen LogP) is 4.48. The summed E-state index contributed by atoms with van der Waals surface area (Å²) in [6.07, 6.45) is 1.92. The zero-order chi connectivity index (χ0) is 14.1. The molecule has 2 aromatic heterocycles. The number of aromatic nitrogens is 1. The number of aryl methyl sites for hydroxylation is 1. The molecule has 3 aromatic rings. The Labute approximate surface area is 121 Å². The molecule has 4 heteroatoms. The summed E-state index contributed by atoms with van der Waals surface area (Å²) in [5.74, 6) is 0.324. The number of nitrogens with zero attached hydrogens (tertiary/aromatic N) is 1. The average Bonchev–Trinajstić information content (AvgIpc) is 2.90. The lowest BCUT2D eigenvalue weighted by Crippen LogP contribution is -2.06. The zero-order valence-electron chi connectivity index (χ0n) is 11.4. The molecular formula is C16H16N2OS. The van der Waals surface area contributed by atoms with Crippen molar-refractivity contribution in [1.29, 1.82) is 0 Å². The summed E-state index contributed by atoms with van der Waals surface area (Å²) < 4.78 is 1.21. The minimum absolute atomic E-state index is 0.165. The Morgan fingerprint density at radius 1 is 1.25 bits per heavy atom. The summed E-state index contributed by atoms with van der Waals surface area (Å²) in [5, 5.41) is 15.0. The van der Waals surface area contributed by atoms with Crippen LogP contribution in [0, 0.1) is 6.92 Å². The predicted molar refractivity (Wildman–Crippen MR) is 84.5 cm³/mol. The van der Waals surface area contributed by atoms with E-state index in [9.17, 15) is 5.11 Å². The fourth-order valence-electron chi connectivity index (χ4n) is 2.18. The van der Waals surface area contributed by atoms with E-state index >= 15 is 0 Å². The highest BCUT2D eigenvalue weighted by Crippen LogP contribution is 2.26. The Kier molecular flexibility index (Phi) is 3.32. The Morgan fingerprint density at radius 2 is 2.10 bits per heavy atom. The Hall–Kier alpha value is -2.07. The molecule has 0 radical (unpaired) electrons. The quantitative estimate of drug-likeness (QED) is 0.697. The molecule has 102 valence electrons. The third-order valence-electron chi connectivity index (χ3n) is 3.40. The maximum atomic E-state index is 9.55. The van der Waals surface area contributed by atoms with Crippen molar-refractivity contribution >= 4 is 27.2 Å². The topological polar surface area (TPSA) is 45.2 Å². The highest BCUT2D eigenvalue weighted by Gasteiger charge is 2.08. The highest BCUT2D eigenvalue weighted by molar-refractivity contribution is 7.17. The first-order valence-corrected chi connectivity index (χ1v) is 7.41. The van der Waals surface area contributed by atoms with Gasteiger partial charge in [0.15, 0.2) is 0 Å². The average molecular weight is 284 g/mol. The van der Waals surface area contributed by atoms with Gasteiger partial charge in [-0.25, -0.2) is 0 Å². The van der Waals surface area contributed by atoms with Gasteiger partial charge < -0.3 is 10.4 Å². The van der Waals surface area contributed by atoms with Crippen LogP contribution in [-0.2, 0) is 0 Å². The second-order valence-corrected chi connectivity index (χ2v) is 5.89. The molecule has 0 bridgehead atoms. The van der Waals surface area contributed by atoms with Gasteiger partial charge in [0.25, 0.3) is 0 Å². The lowest BCUT2D eigenvalue weighted by Gasteiger charge is -2.16. The number of phenolic OH excluding ortho intramolecular Hbond substituents is 1. The van der Waals surface area contributed by atoms with Crippen molar-refractivity contribution in [2.75, 3.05) is 5.32 Å². The number of anilines is 1. The summed E-state index contributed by atoms with van der Waals surface area (Å²) in [4.78, 5) is 4.47. The van der Waals surface area contributed by atoms with Gasteiger partial charge in [-0.15, -0.1) is 11.3 Å². The van der Waals surface area contributed by atoms with Crippen molar-refractivity contribution in [3.63, 3.8) is 0 Å². The van der Waals surface area contributed by atoms with Crippen LogP contribution in [0.3, 0.4) is 0 Å². The fraction of sp³-hybridized carbons (Fsp3) is 0.188. The maximum absolute atomic E-state index is 9.55. The number of benzene rings is 1. The van der Waals surface area contributed by atoms with E-state index in [1.807, 2.05) is 31.3 Å². The first-order valence-electron chi connectivity index (χ1n) is 6.53. The zero-order valence-corrected chi connectivity index (χ0v) is 12.2. The van der Waals surface area contributed by atoms with Crippen LogP contribution in [0.4, 0.5) is 5.69 Å². The van der Waals surface area contributed by atoms with Gasteiger partial charge in [0.1, 0.15) is 5.75 Å². The van der Waals surface area contributed by atoms with Crippen LogP contribution in [0.1, 0.15) is 24.1 Å². The summed E-state index contributed by atoms with van der Waals surface area (Å²) in [5.41, 5.74) is 4.07. The van der Waals surface area contributed by atoms with Crippen LogP contribution in [0.2, 0.25) is 0 Å². The van der Waals surface area contributed by atoms with Gasteiger partial charge in [-0.1, -0.05) is 0 Å². The van der Waals surface area contributed by atoms with Crippen LogP contribution >= 0.6 is 11.3 Å². The molecule has 0 saturated heterocycles. The molecule has 0 aliphatic heterocycles. The molecule has 2 heterocycles. The minimum atomic E-state index is 0.165. The standard InChI is InChI=1S/C16H16N2OS/c1-10-7-13(3-4-15(10)19)18-11(2)12-8-16-14(17-9-12)5-6-20-16/h3-9,11,18-19H,1-2H3. The first-order chi connectivity index (χ1) is 9.63. The molecule has 0 saturated carbocycles. The van der Waals surface area contributed by atoms with Crippen LogP contribution < -0.4 is 5.32 Å². The molecular weight excluding hydrogens is 268 g/mol. The molecule has 1 atom stereocenters. The van der Waals surface area contributed by atoms with Gasteiger partial charge in [0.05, 0.1) is 16.3 Å². The fourth-order valence-corrected chi connectivity index (χ4v) is 2.97. The van der Waals surface area contributed by atoms with E-state index in [2.05, 4.69) is 28.7 Å².